The number of imidazole rings is 1. The molecule has 0 aromatic carbocycles. The number of nitrogens with one attached hydrogen (secondary N) is 1. The normalized spacial score (nSPS) is 18.8. The fourth-order valence-electron chi connectivity index (χ4n) is 3.34. The van der Waals surface area contributed by atoms with Crippen LogP contribution in [0.25, 0.3) is 5.65 Å². The molecule has 4 rings (SSSR count). The molecule has 3 aromatic heterocycles. The van der Waals surface area contributed by atoms with Gasteiger partial charge in [0, 0.05) is 24.4 Å². The summed E-state index contributed by atoms with van der Waals surface area (Å²) in [7, 11) is 0. The third-order valence-electron chi connectivity index (χ3n) is 4.93. The summed E-state index contributed by atoms with van der Waals surface area (Å²) in [6, 6.07) is 4.80. The average Bonchev–Trinajstić information content (AvgIpc) is 3.07. The lowest BCUT2D eigenvalue weighted by molar-refractivity contribution is -0.141. The Morgan fingerprint density at radius 3 is 2.73 bits per heavy atom. The Morgan fingerprint density at radius 1 is 1.30 bits per heavy atom. The molecule has 0 spiro atoms. The summed E-state index contributed by atoms with van der Waals surface area (Å²) >= 11 is 0. The molecule has 10 heteroatoms. The summed E-state index contributed by atoms with van der Waals surface area (Å²) in [5, 5.41) is 12.1. The van der Waals surface area contributed by atoms with Crippen LogP contribution >= 0.6 is 0 Å². The van der Waals surface area contributed by atoms with Crippen molar-refractivity contribution >= 4 is 17.2 Å². The maximum Gasteiger partial charge on any atom is 0.433 e. The number of aromatic nitrogens is 3. The second-order valence-corrected chi connectivity index (χ2v) is 7.10. The number of carbonyl (C=O) groups is 1. The number of fused-ring (bicyclic) bond motifs is 1. The molecule has 1 saturated carbocycles. The maximum atomic E-state index is 12.9. The van der Waals surface area contributed by atoms with Crippen molar-refractivity contribution in [2.45, 2.75) is 38.0 Å². The lowest BCUT2D eigenvalue weighted by Crippen LogP contribution is -2.26. The third kappa shape index (κ3) is 3.95. The van der Waals surface area contributed by atoms with Crippen molar-refractivity contribution in [2.24, 2.45) is 0 Å². The number of rotatable bonds is 5. The lowest BCUT2D eigenvalue weighted by Gasteiger charge is -2.29. The van der Waals surface area contributed by atoms with Crippen molar-refractivity contribution in [3.63, 3.8) is 0 Å². The smallest absolute Gasteiger partial charge is 0.433 e. The molecular weight excluding hydrogens is 401 g/mol. The number of amides is 1. The number of ether oxygens (including phenoxy) is 1. The van der Waals surface area contributed by atoms with Crippen LogP contribution in [0.15, 0.2) is 36.7 Å². The molecule has 0 atom stereocenters. The summed E-state index contributed by atoms with van der Waals surface area (Å²) in [4.78, 5) is 20.5. The Balaban J connectivity index is 1.63. The van der Waals surface area contributed by atoms with Crippen LogP contribution in [-0.4, -0.2) is 38.1 Å². The number of aliphatic hydroxyl groups excluding tert-OH is 1. The van der Waals surface area contributed by atoms with Crippen molar-refractivity contribution in [1.29, 1.82) is 0 Å². The Kier molecular flexibility index (Phi) is 5.10. The Hall–Kier alpha value is -3.14. The minimum Gasteiger partial charge on any atom is -0.491 e. The van der Waals surface area contributed by atoms with Crippen LogP contribution in [-0.2, 0) is 6.18 Å². The zero-order valence-electron chi connectivity index (χ0n) is 16.0. The van der Waals surface area contributed by atoms with E-state index in [1.165, 1.54) is 6.07 Å². The van der Waals surface area contributed by atoms with Gasteiger partial charge < -0.3 is 19.6 Å². The minimum absolute atomic E-state index is 0.169. The molecule has 0 unspecified atom stereocenters. The van der Waals surface area contributed by atoms with Crippen LogP contribution in [0.1, 0.15) is 47.6 Å². The first-order chi connectivity index (χ1) is 14.2. The zero-order chi connectivity index (χ0) is 21.5. The first kappa shape index (κ1) is 20.1. The SMILES string of the molecule is CCOc1cc2nc(C3CC(O)C3)cn2cc1NC(=O)c1cccc(C(F)(F)F)n1. The van der Waals surface area contributed by atoms with E-state index in [1.54, 1.807) is 29.8 Å². The molecule has 158 valence electrons. The fraction of sp³-hybridized carbons (Fsp3) is 0.350. The molecule has 30 heavy (non-hydrogen) atoms. The highest BCUT2D eigenvalue weighted by atomic mass is 19.4. The highest BCUT2D eigenvalue weighted by Gasteiger charge is 2.33. The summed E-state index contributed by atoms with van der Waals surface area (Å²) in [5.74, 6) is -0.275. The molecule has 3 aromatic rings. The molecule has 1 amide bonds. The second kappa shape index (κ2) is 7.60. The topological polar surface area (TPSA) is 88.8 Å². The van der Waals surface area contributed by atoms with Gasteiger partial charge in [0.25, 0.3) is 5.91 Å². The highest BCUT2D eigenvalue weighted by molar-refractivity contribution is 6.03. The largest absolute Gasteiger partial charge is 0.491 e. The van der Waals surface area contributed by atoms with Gasteiger partial charge in [-0.25, -0.2) is 9.97 Å². The monoisotopic (exact) mass is 420 g/mol. The number of halogens is 3. The summed E-state index contributed by atoms with van der Waals surface area (Å²) in [6.45, 7) is 2.10. The van der Waals surface area contributed by atoms with Gasteiger partial charge in [0.1, 0.15) is 28.5 Å². The number of nitrogens with zero attached hydrogens (tertiary/aromatic N) is 3. The van der Waals surface area contributed by atoms with E-state index in [-0.39, 0.29) is 23.4 Å². The average molecular weight is 420 g/mol. The van der Waals surface area contributed by atoms with E-state index in [1.807, 2.05) is 0 Å². The zero-order valence-corrected chi connectivity index (χ0v) is 16.0. The first-order valence-corrected chi connectivity index (χ1v) is 9.43. The van der Waals surface area contributed by atoms with Crippen molar-refractivity contribution in [3.05, 3.63) is 53.7 Å². The first-order valence-electron chi connectivity index (χ1n) is 9.43. The number of aliphatic hydroxyl groups is 1. The molecule has 7 nitrogen and oxygen atoms in total. The van der Waals surface area contributed by atoms with E-state index in [2.05, 4.69) is 15.3 Å². The van der Waals surface area contributed by atoms with Crippen LogP contribution in [0, 0.1) is 0 Å². The van der Waals surface area contributed by atoms with Gasteiger partial charge in [-0.1, -0.05) is 6.07 Å². The number of hydrogen-bond donors (Lipinski definition) is 2. The van der Waals surface area contributed by atoms with Gasteiger partial charge in [-0.3, -0.25) is 4.79 Å². The van der Waals surface area contributed by atoms with E-state index < -0.39 is 17.8 Å². The van der Waals surface area contributed by atoms with Crippen LogP contribution in [0.4, 0.5) is 18.9 Å². The molecular formula is C20H19F3N4O3. The molecule has 2 N–H and O–H groups in total. The van der Waals surface area contributed by atoms with Gasteiger partial charge >= 0.3 is 6.18 Å². The van der Waals surface area contributed by atoms with E-state index in [0.29, 0.717) is 30.8 Å². The lowest BCUT2D eigenvalue weighted by atomic mass is 9.80. The predicted octanol–water partition coefficient (Wildman–Crippen LogP) is 3.64. The van der Waals surface area contributed by atoms with Gasteiger partial charge in [0.15, 0.2) is 0 Å². The van der Waals surface area contributed by atoms with Crippen molar-refractivity contribution in [1.82, 2.24) is 14.4 Å². The van der Waals surface area contributed by atoms with Crippen molar-refractivity contribution in [2.75, 3.05) is 11.9 Å². The van der Waals surface area contributed by atoms with E-state index in [0.717, 1.165) is 17.8 Å². The molecule has 1 aliphatic carbocycles. The maximum absolute atomic E-state index is 12.9. The second-order valence-electron chi connectivity index (χ2n) is 7.10. The van der Waals surface area contributed by atoms with Gasteiger partial charge in [-0.05, 0) is 31.9 Å². The van der Waals surface area contributed by atoms with Crippen LogP contribution in [0.3, 0.4) is 0 Å². The Morgan fingerprint density at radius 2 is 2.07 bits per heavy atom. The minimum atomic E-state index is -4.64. The van der Waals surface area contributed by atoms with Gasteiger partial charge in [0.2, 0.25) is 0 Å². The van der Waals surface area contributed by atoms with Crippen LogP contribution in [0.5, 0.6) is 5.75 Å². The van der Waals surface area contributed by atoms with E-state index in [9.17, 15) is 23.1 Å². The number of anilines is 1. The molecule has 0 aliphatic heterocycles. The molecule has 1 fully saturated rings. The summed E-state index contributed by atoms with van der Waals surface area (Å²) in [5.41, 5.74) is 0.210. The highest BCUT2D eigenvalue weighted by Crippen LogP contribution is 2.37. The molecule has 0 radical (unpaired) electrons. The van der Waals surface area contributed by atoms with Gasteiger partial charge in [0.05, 0.1) is 18.4 Å². The Labute approximate surface area is 169 Å². The number of pyridine rings is 2. The number of carbonyl (C=O) groups excluding carboxylic acids is 1. The van der Waals surface area contributed by atoms with Gasteiger partial charge in [-0.15, -0.1) is 0 Å². The molecule has 0 saturated heterocycles. The third-order valence-corrected chi connectivity index (χ3v) is 4.93. The molecule has 1 aliphatic rings. The van der Waals surface area contributed by atoms with Crippen molar-refractivity contribution < 1.29 is 27.8 Å². The quantitative estimate of drug-likeness (QED) is 0.658. The standard InChI is InChI=1S/C20H19F3N4O3/c1-2-30-16-8-18-25-14(11-6-12(28)7-11)9-27(18)10-15(16)26-19(29)13-4-3-5-17(24-13)20(21,22)23/h3-5,8-12,28H,2,6-7H2,1H3,(H,26,29). The summed E-state index contributed by atoms with van der Waals surface area (Å²) in [6.07, 6.45) is -0.265. The van der Waals surface area contributed by atoms with E-state index in [4.69, 9.17) is 4.74 Å². The van der Waals surface area contributed by atoms with Crippen molar-refractivity contribution in [3.8, 4) is 5.75 Å². The predicted molar refractivity (Wildman–Crippen MR) is 102 cm³/mol. The molecule has 0 bridgehead atoms. The Bertz CT molecular complexity index is 1090. The van der Waals surface area contributed by atoms with Crippen LogP contribution < -0.4 is 10.1 Å². The molecule has 3 heterocycles. The van der Waals surface area contributed by atoms with Gasteiger partial charge in [-0.2, -0.15) is 13.2 Å². The van der Waals surface area contributed by atoms with E-state index >= 15 is 0 Å². The fourth-order valence-corrected chi connectivity index (χ4v) is 3.34. The van der Waals surface area contributed by atoms with Crippen LogP contribution in [0.2, 0.25) is 0 Å². The number of alkyl halides is 3. The number of hydrogen-bond acceptors (Lipinski definition) is 5. The summed E-state index contributed by atoms with van der Waals surface area (Å²) < 4.78 is 45.9.